The number of nitrogens with two attached hydrogens (primary N) is 1. The van der Waals surface area contributed by atoms with E-state index in [0.29, 0.717) is 5.95 Å². The van der Waals surface area contributed by atoms with E-state index in [4.69, 9.17) is 5.84 Å². The van der Waals surface area contributed by atoms with E-state index in [2.05, 4.69) is 15.3 Å². The Morgan fingerprint density at radius 2 is 1.48 bits per heavy atom. The lowest BCUT2D eigenvalue weighted by Gasteiger charge is -2.05. The lowest BCUT2D eigenvalue weighted by Crippen LogP contribution is -2.15. The maximum absolute atomic E-state index is 5.90. The second-order valence-corrected chi connectivity index (χ2v) is 5.10. The number of nitrogens with zero attached hydrogens (tertiary/aromatic N) is 5. The molecule has 0 aliphatic heterocycles. The molecular weight excluding hydrogens is 288 g/mol. The van der Waals surface area contributed by atoms with Crippen molar-refractivity contribution in [1.29, 1.82) is 0 Å². The van der Waals surface area contributed by atoms with Crippen LogP contribution in [0.3, 0.4) is 0 Å². The van der Waals surface area contributed by atoms with E-state index in [0.717, 1.165) is 22.5 Å². The van der Waals surface area contributed by atoms with Gasteiger partial charge < -0.3 is 5.84 Å². The molecular formula is C17H14N6. The molecule has 4 aromatic rings. The van der Waals surface area contributed by atoms with Crippen molar-refractivity contribution in [3.63, 3.8) is 0 Å². The Bertz CT molecular complexity index is 924. The molecule has 0 aliphatic rings. The molecule has 0 atom stereocenters. The molecule has 2 aromatic carbocycles. The minimum absolute atomic E-state index is 0.464. The predicted octanol–water partition coefficient (Wildman–Crippen LogP) is 2.51. The molecule has 4 rings (SSSR count). The molecule has 0 spiro atoms. The van der Waals surface area contributed by atoms with E-state index in [1.165, 1.54) is 11.0 Å². The molecule has 6 nitrogen and oxygen atoms in total. The summed E-state index contributed by atoms with van der Waals surface area (Å²) < 4.78 is 3.07. The topological polar surface area (TPSA) is 74.6 Å². The van der Waals surface area contributed by atoms with E-state index in [-0.39, 0.29) is 0 Å². The fraction of sp³-hybridized carbons (Fsp3) is 0. The van der Waals surface area contributed by atoms with Crippen LogP contribution in [0.2, 0.25) is 0 Å². The highest BCUT2D eigenvalue weighted by molar-refractivity contribution is 5.69. The number of benzene rings is 2. The summed E-state index contributed by atoms with van der Waals surface area (Å²) in [6.07, 6.45) is 1.45. The minimum Gasteiger partial charge on any atom is -0.335 e. The Morgan fingerprint density at radius 3 is 2.09 bits per heavy atom. The summed E-state index contributed by atoms with van der Waals surface area (Å²) in [5.74, 6) is 6.36. The van der Waals surface area contributed by atoms with Crippen LogP contribution in [0.5, 0.6) is 0 Å². The van der Waals surface area contributed by atoms with Crippen LogP contribution in [0.4, 0.5) is 0 Å². The molecule has 112 valence electrons. The summed E-state index contributed by atoms with van der Waals surface area (Å²) in [6.45, 7) is 0. The van der Waals surface area contributed by atoms with Crippen molar-refractivity contribution in [3.8, 4) is 28.5 Å². The second kappa shape index (κ2) is 5.42. The number of nitrogen functional groups attached to an aromatic ring is 1. The van der Waals surface area contributed by atoms with Crippen molar-refractivity contribution in [2.24, 2.45) is 0 Å². The van der Waals surface area contributed by atoms with E-state index >= 15 is 0 Å². The van der Waals surface area contributed by atoms with Gasteiger partial charge in [0.25, 0.3) is 5.95 Å². The Hall–Kier alpha value is -3.41. The molecule has 0 aliphatic carbocycles. The van der Waals surface area contributed by atoms with Crippen LogP contribution in [0, 0.1) is 0 Å². The van der Waals surface area contributed by atoms with Crippen LogP contribution in [0.25, 0.3) is 28.5 Å². The molecule has 0 radical (unpaired) electrons. The fourth-order valence-corrected chi connectivity index (χ4v) is 2.49. The lowest BCUT2D eigenvalue weighted by molar-refractivity contribution is 0.779. The first-order valence-corrected chi connectivity index (χ1v) is 7.19. The third-order valence-electron chi connectivity index (χ3n) is 3.59. The second-order valence-electron chi connectivity index (χ2n) is 5.10. The highest BCUT2D eigenvalue weighted by Gasteiger charge is 2.16. The zero-order chi connectivity index (χ0) is 15.6. The molecule has 2 aromatic heterocycles. The van der Waals surface area contributed by atoms with Gasteiger partial charge in [0.05, 0.1) is 11.4 Å². The van der Waals surface area contributed by atoms with Gasteiger partial charge in [0.1, 0.15) is 6.33 Å². The van der Waals surface area contributed by atoms with Crippen LogP contribution >= 0.6 is 0 Å². The minimum atomic E-state index is 0.464. The summed E-state index contributed by atoms with van der Waals surface area (Å²) in [5, 5.41) is 12.6. The first kappa shape index (κ1) is 13.3. The van der Waals surface area contributed by atoms with Gasteiger partial charge in [-0.05, 0) is 6.07 Å². The molecule has 2 N–H and O–H groups in total. The van der Waals surface area contributed by atoms with Gasteiger partial charge in [-0.1, -0.05) is 60.7 Å². The predicted molar refractivity (Wildman–Crippen MR) is 88.2 cm³/mol. The quantitative estimate of drug-likeness (QED) is 0.590. The van der Waals surface area contributed by atoms with Crippen molar-refractivity contribution in [3.05, 3.63) is 73.1 Å². The smallest absolute Gasteiger partial charge is 0.271 e. The van der Waals surface area contributed by atoms with Crippen LogP contribution in [0.15, 0.2) is 73.1 Å². The van der Waals surface area contributed by atoms with Gasteiger partial charge in [-0.15, -0.1) is 10.2 Å². The average Bonchev–Trinajstić information content (AvgIpc) is 3.22. The molecule has 0 saturated carbocycles. The largest absolute Gasteiger partial charge is 0.335 e. The molecule has 0 bridgehead atoms. The number of aromatic nitrogens is 5. The molecule has 6 heteroatoms. The van der Waals surface area contributed by atoms with Crippen LogP contribution < -0.4 is 5.84 Å². The van der Waals surface area contributed by atoms with Crippen molar-refractivity contribution in [2.45, 2.75) is 0 Å². The molecule has 0 unspecified atom stereocenters. The van der Waals surface area contributed by atoms with Crippen LogP contribution in [-0.4, -0.2) is 24.7 Å². The van der Waals surface area contributed by atoms with E-state index in [1.807, 2.05) is 66.7 Å². The van der Waals surface area contributed by atoms with Crippen molar-refractivity contribution < 1.29 is 0 Å². The van der Waals surface area contributed by atoms with Gasteiger partial charge in [-0.25, -0.2) is 4.68 Å². The average molecular weight is 302 g/mol. The molecule has 2 heterocycles. The first-order valence-electron chi connectivity index (χ1n) is 7.19. The Morgan fingerprint density at radius 1 is 0.826 bits per heavy atom. The van der Waals surface area contributed by atoms with Gasteiger partial charge in [-0.2, -0.15) is 9.78 Å². The SMILES string of the molecule is Nn1cnnc1-n1nc(-c2ccccc2)cc1-c1ccccc1. The van der Waals surface area contributed by atoms with Crippen molar-refractivity contribution in [2.75, 3.05) is 5.84 Å². The number of hydrogen-bond donors (Lipinski definition) is 1. The van der Waals surface area contributed by atoms with E-state index < -0.39 is 0 Å². The van der Waals surface area contributed by atoms with Crippen LogP contribution in [-0.2, 0) is 0 Å². The Balaban J connectivity index is 1.93. The standard InChI is InChI=1S/C17H14N6/c18-22-12-19-20-17(22)23-16(14-9-5-2-6-10-14)11-15(21-23)13-7-3-1-4-8-13/h1-12H,18H2. The highest BCUT2D eigenvalue weighted by Crippen LogP contribution is 2.27. The summed E-state index contributed by atoms with van der Waals surface area (Å²) in [5.41, 5.74) is 3.83. The molecule has 0 fully saturated rings. The van der Waals surface area contributed by atoms with E-state index in [1.54, 1.807) is 4.68 Å². The molecule has 23 heavy (non-hydrogen) atoms. The summed E-state index contributed by atoms with van der Waals surface area (Å²) in [6, 6.07) is 22.0. The number of hydrogen-bond acceptors (Lipinski definition) is 4. The zero-order valence-electron chi connectivity index (χ0n) is 12.2. The molecule has 0 saturated heterocycles. The third kappa shape index (κ3) is 2.36. The van der Waals surface area contributed by atoms with Gasteiger partial charge in [0.15, 0.2) is 0 Å². The highest BCUT2D eigenvalue weighted by atomic mass is 15.5. The maximum atomic E-state index is 5.90. The van der Waals surface area contributed by atoms with E-state index in [9.17, 15) is 0 Å². The van der Waals surface area contributed by atoms with Gasteiger partial charge in [0, 0.05) is 11.1 Å². The monoisotopic (exact) mass is 302 g/mol. The lowest BCUT2D eigenvalue weighted by atomic mass is 10.1. The third-order valence-corrected chi connectivity index (χ3v) is 3.59. The van der Waals surface area contributed by atoms with Crippen molar-refractivity contribution >= 4 is 0 Å². The van der Waals surface area contributed by atoms with Gasteiger partial charge in [0.2, 0.25) is 0 Å². The Kier molecular flexibility index (Phi) is 3.12. The zero-order valence-corrected chi connectivity index (χ0v) is 12.2. The summed E-state index contributed by atoms with van der Waals surface area (Å²) in [4.78, 5) is 0. The van der Waals surface area contributed by atoms with Gasteiger partial charge in [-0.3, -0.25) is 0 Å². The number of rotatable bonds is 3. The molecule has 0 amide bonds. The Labute approximate surface area is 132 Å². The normalized spacial score (nSPS) is 10.8. The van der Waals surface area contributed by atoms with Crippen LogP contribution in [0.1, 0.15) is 0 Å². The van der Waals surface area contributed by atoms with Crippen molar-refractivity contribution in [1.82, 2.24) is 24.7 Å². The summed E-state index contributed by atoms with van der Waals surface area (Å²) >= 11 is 0. The summed E-state index contributed by atoms with van der Waals surface area (Å²) in [7, 11) is 0. The maximum Gasteiger partial charge on any atom is 0.271 e. The first-order chi connectivity index (χ1) is 11.3. The van der Waals surface area contributed by atoms with Gasteiger partial charge >= 0.3 is 0 Å². The fourth-order valence-electron chi connectivity index (χ4n) is 2.49.